The van der Waals surface area contributed by atoms with Crippen LogP contribution < -0.4 is 0 Å². The van der Waals surface area contributed by atoms with Crippen molar-refractivity contribution in [1.29, 1.82) is 0 Å². The average molecular weight is 315 g/mol. The van der Waals surface area contributed by atoms with Crippen molar-refractivity contribution < 1.29 is 0 Å². The summed E-state index contributed by atoms with van der Waals surface area (Å²) in [5.41, 5.74) is 5.84. The molecular formula is C23H25N. The lowest BCUT2D eigenvalue weighted by molar-refractivity contribution is 0.206. The van der Waals surface area contributed by atoms with Gasteiger partial charge in [0.1, 0.15) is 0 Å². The Hall–Kier alpha value is -2.12. The minimum absolute atomic E-state index is 0.693. The van der Waals surface area contributed by atoms with E-state index in [-0.39, 0.29) is 0 Å². The smallest absolute Gasteiger partial charge is 0.0172 e. The molecule has 4 rings (SSSR count). The van der Waals surface area contributed by atoms with Crippen LogP contribution in [0.3, 0.4) is 0 Å². The van der Waals surface area contributed by atoms with E-state index in [1.54, 1.807) is 0 Å². The molecule has 0 saturated heterocycles. The third-order valence-electron chi connectivity index (χ3n) is 5.39. The second kappa shape index (κ2) is 7.19. The van der Waals surface area contributed by atoms with Crippen molar-refractivity contribution in [3.05, 3.63) is 83.9 Å². The number of nitrogens with zero attached hydrogens (tertiary/aromatic N) is 1. The highest BCUT2D eigenvalue weighted by atomic mass is 15.2. The van der Waals surface area contributed by atoms with Crippen LogP contribution in [-0.4, -0.2) is 24.0 Å². The first-order chi connectivity index (χ1) is 11.9. The molecule has 0 radical (unpaired) electrons. The average Bonchev–Trinajstić information content (AvgIpc) is 2.70. The van der Waals surface area contributed by atoms with E-state index in [1.165, 1.54) is 54.5 Å². The monoisotopic (exact) mass is 315 g/mol. The van der Waals surface area contributed by atoms with Gasteiger partial charge in [-0.05, 0) is 48.0 Å². The van der Waals surface area contributed by atoms with Gasteiger partial charge in [0, 0.05) is 19.1 Å². The Balaban J connectivity index is 1.43. The van der Waals surface area contributed by atoms with Crippen LogP contribution in [0, 0.1) is 0 Å². The normalized spacial score (nSPS) is 21.9. The molecule has 0 saturated carbocycles. The van der Waals surface area contributed by atoms with Gasteiger partial charge >= 0.3 is 0 Å². The SMILES string of the molecule is C1=C(c2ccccc2)CCN([C@@H]2CCC=C(c3ccccc3)C2)C1. The first-order valence-corrected chi connectivity index (χ1v) is 9.13. The Labute approximate surface area is 145 Å². The fourth-order valence-corrected chi connectivity index (χ4v) is 4.02. The maximum Gasteiger partial charge on any atom is 0.0172 e. The molecule has 2 aromatic carbocycles. The van der Waals surface area contributed by atoms with E-state index >= 15 is 0 Å². The van der Waals surface area contributed by atoms with E-state index in [4.69, 9.17) is 0 Å². The summed E-state index contributed by atoms with van der Waals surface area (Å²) in [5.74, 6) is 0. The largest absolute Gasteiger partial charge is 0.296 e. The van der Waals surface area contributed by atoms with E-state index < -0.39 is 0 Å². The lowest BCUT2D eigenvalue weighted by atomic mass is 9.88. The van der Waals surface area contributed by atoms with Crippen LogP contribution in [-0.2, 0) is 0 Å². The summed E-state index contributed by atoms with van der Waals surface area (Å²) < 4.78 is 0. The summed E-state index contributed by atoms with van der Waals surface area (Å²) in [6.45, 7) is 2.28. The van der Waals surface area contributed by atoms with Crippen molar-refractivity contribution in [3.8, 4) is 0 Å². The molecular weight excluding hydrogens is 290 g/mol. The summed E-state index contributed by atoms with van der Waals surface area (Å²) in [5, 5.41) is 0. The molecule has 1 heteroatoms. The molecule has 2 aliphatic rings. The standard InChI is InChI=1S/C23H25N/c1-3-8-19(9-4-1)21-14-16-24(17-15-21)23-13-7-12-22(18-23)20-10-5-2-6-11-20/h1-6,8-12,14,23H,7,13,15-18H2/t23-/m1/s1. The maximum absolute atomic E-state index is 2.68. The second-order valence-electron chi connectivity index (χ2n) is 6.87. The topological polar surface area (TPSA) is 3.24 Å². The molecule has 1 atom stereocenters. The highest BCUT2D eigenvalue weighted by Crippen LogP contribution is 2.32. The van der Waals surface area contributed by atoms with Crippen LogP contribution in [0.5, 0.6) is 0 Å². The number of allylic oxidation sites excluding steroid dienone is 1. The molecule has 0 amide bonds. The van der Waals surface area contributed by atoms with E-state index in [2.05, 4.69) is 77.7 Å². The fourth-order valence-electron chi connectivity index (χ4n) is 4.02. The molecule has 1 aliphatic heterocycles. The van der Waals surface area contributed by atoms with Gasteiger partial charge in [-0.2, -0.15) is 0 Å². The summed E-state index contributed by atoms with van der Waals surface area (Å²) in [6.07, 6.45) is 9.76. The second-order valence-corrected chi connectivity index (χ2v) is 6.87. The predicted octanol–water partition coefficient (Wildman–Crippen LogP) is 5.41. The molecule has 1 heterocycles. The Morgan fingerprint density at radius 2 is 1.42 bits per heavy atom. The lowest BCUT2D eigenvalue weighted by Crippen LogP contribution is -2.39. The minimum atomic E-state index is 0.693. The Morgan fingerprint density at radius 1 is 0.750 bits per heavy atom. The van der Waals surface area contributed by atoms with Crippen LogP contribution in [0.15, 0.2) is 72.8 Å². The highest BCUT2D eigenvalue weighted by Gasteiger charge is 2.24. The molecule has 24 heavy (non-hydrogen) atoms. The Morgan fingerprint density at radius 3 is 2.04 bits per heavy atom. The third kappa shape index (κ3) is 3.37. The zero-order chi connectivity index (χ0) is 16.2. The molecule has 122 valence electrons. The maximum atomic E-state index is 2.68. The van der Waals surface area contributed by atoms with Crippen molar-refractivity contribution in [2.24, 2.45) is 0 Å². The van der Waals surface area contributed by atoms with Crippen molar-refractivity contribution in [2.75, 3.05) is 13.1 Å². The van der Waals surface area contributed by atoms with Gasteiger partial charge < -0.3 is 0 Å². The number of rotatable bonds is 3. The van der Waals surface area contributed by atoms with Crippen LogP contribution in [0.1, 0.15) is 36.8 Å². The number of hydrogen-bond donors (Lipinski definition) is 0. The van der Waals surface area contributed by atoms with Gasteiger partial charge in [-0.1, -0.05) is 72.8 Å². The molecule has 0 aromatic heterocycles. The molecule has 1 nitrogen and oxygen atoms in total. The van der Waals surface area contributed by atoms with Gasteiger partial charge in [0.05, 0.1) is 0 Å². The molecule has 0 fully saturated rings. The predicted molar refractivity (Wildman–Crippen MR) is 103 cm³/mol. The summed E-state index contributed by atoms with van der Waals surface area (Å²) in [6, 6.07) is 22.4. The summed E-state index contributed by atoms with van der Waals surface area (Å²) in [4.78, 5) is 2.68. The van der Waals surface area contributed by atoms with Gasteiger partial charge in [0.2, 0.25) is 0 Å². The summed E-state index contributed by atoms with van der Waals surface area (Å²) in [7, 11) is 0. The van der Waals surface area contributed by atoms with Gasteiger partial charge in [-0.3, -0.25) is 4.90 Å². The Bertz CT molecular complexity index is 727. The van der Waals surface area contributed by atoms with Crippen LogP contribution in [0.25, 0.3) is 11.1 Å². The minimum Gasteiger partial charge on any atom is -0.296 e. The zero-order valence-electron chi connectivity index (χ0n) is 14.2. The molecule has 0 unspecified atom stereocenters. The molecule has 0 bridgehead atoms. The highest BCUT2D eigenvalue weighted by molar-refractivity contribution is 5.68. The molecule has 2 aromatic rings. The van der Waals surface area contributed by atoms with Gasteiger partial charge in [-0.25, -0.2) is 0 Å². The van der Waals surface area contributed by atoms with E-state index in [0.717, 1.165) is 6.54 Å². The van der Waals surface area contributed by atoms with Gasteiger partial charge in [0.25, 0.3) is 0 Å². The van der Waals surface area contributed by atoms with Gasteiger partial charge in [-0.15, -0.1) is 0 Å². The van der Waals surface area contributed by atoms with Crippen molar-refractivity contribution in [1.82, 2.24) is 4.90 Å². The fraction of sp³-hybridized carbons (Fsp3) is 0.304. The Kier molecular flexibility index (Phi) is 4.62. The first-order valence-electron chi connectivity index (χ1n) is 9.13. The molecule has 0 spiro atoms. The zero-order valence-corrected chi connectivity index (χ0v) is 14.2. The summed E-state index contributed by atoms with van der Waals surface area (Å²) >= 11 is 0. The molecule has 0 N–H and O–H groups in total. The van der Waals surface area contributed by atoms with Crippen molar-refractivity contribution >= 4 is 11.1 Å². The quantitative estimate of drug-likeness (QED) is 0.732. The van der Waals surface area contributed by atoms with E-state index in [0.29, 0.717) is 6.04 Å². The van der Waals surface area contributed by atoms with Crippen LogP contribution in [0.2, 0.25) is 0 Å². The number of benzene rings is 2. The lowest BCUT2D eigenvalue weighted by Gasteiger charge is -2.36. The van der Waals surface area contributed by atoms with E-state index in [9.17, 15) is 0 Å². The van der Waals surface area contributed by atoms with Crippen LogP contribution >= 0.6 is 0 Å². The third-order valence-corrected chi connectivity index (χ3v) is 5.39. The van der Waals surface area contributed by atoms with Crippen molar-refractivity contribution in [3.63, 3.8) is 0 Å². The van der Waals surface area contributed by atoms with Crippen molar-refractivity contribution in [2.45, 2.75) is 31.7 Å². The first kappa shape index (κ1) is 15.4. The van der Waals surface area contributed by atoms with E-state index in [1.807, 2.05) is 0 Å². The van der Waals surface area contributed by atoms with Gasteiger partial charge in [0.15, 0.2) is 0 Å². The van der Waals surface area contributed by atoms with Crippen LogP contribution in [0.4, 0.5) is 0 Å². The molecule has 1 aliphatic carbocycles. The number of hydrogen-bond acceptors (Lipinski definition) is 1.